The molecule has 12 heteroatoms. The molecule has 0 unspecified atom stereocenters. The smallest absolute Gasteiger partial charge is 0.264 e. The van der Waals surface area contributed by atoms with Gasteiger partial charge in [-0.25, -0.2) is 36.7 Å². The number of sulfonamides is 2. The highest BCUT2D eigenvalue weighted by Crippen LogP contribution is 2.14. The van der Waals surface area contributed by atoms with Gasteiger partial charge in [-0.3, -0.25) is 0 Å². The van der Waals surface area contributed by atoms with Crippen LogP contribution in [0.3, 0.4) is 0 Å². The minimum absolute atomic E-state index is 0.0318. The Morgan fingerprint density at radius 3 is 1.57 bits per heavy atom. The van der Waals surface area contributed by atoms with E-state index in [1.807, 2.05) is 0 Å². The maximum Gasteiger partial charge on any atom is 0.264 e. The zero-order chi connectivity index (χ0) is 20.8. The van der Waals surface area contributed by atoms with E-state index in [0.717, 1.165) is 0 Å². The van der Waals surface area contributed by atoms with Gasteiger partial charge < -0.3 is 11.5 Å². The summed E-state index contributed by atoms with van der Waals surface area (Å²) in [5.74, 6) is 0.0318. The van der Waals surface area contributed by atoms with Crippen molar-refractivity contribution in [3.8, 4) is 0 Å². The third-order valence-corrected chi connectivity index (χ3v) is 5.46. The molecule has 0 aliphatic carbocycles. The Kier molecular flexibility index (Phi) is 6.51. The highest BCUT2D eigenvalue weighted by molar-refractivity contribution is 7.92. The van der Waals surface area contributed by atoms with Crippen LogP contribution in [0.5, 0.6) is 0 Å². The first kappa shape index (κ1) is 21.1. The summed E-state index contributed by atoms with van der Waals surface area (Å²) < 4.78 is 47.4. The second-order valence-corrected chi connectivity index (χ2v) is 8.60. The molecule has 0 amide bonds. The molecule has 0 atom stereocenters. The van der Waals surface area contributed by atoms with Crippen LogP contribution in [0.4, 0.5) is 17.3 Å². The Bertz CT molecular complexity index is 1120. The average Bonchev–Trinajstić information content (AvgIpc) is 2.63. The molecule has 0 saturated heterocycles. The molecular weight excluding hydrogens is 404 g/mol. The number of hydrogen-bond acceptors (Lipinski definition) is 8. The van der Waals surface area contributed by atoms with Crippen LogP contribution in [0.2, 0.25) is 0 Å². The first-order chi connectivity index (χ1) is 13.1. The van der Waals surface area contributed by atoms with Crippen molar-refractivity contribution in [1.29, 1.82) is 0 Å². The van der Waals surface area contributed by atoms with Crippen molar-refractivity contribution in [3.63, 3.8) is 0 Å². The molecule has 7 N–H and O–H groups in total. The van der Waals surface area contributed by atoms with E-state index < -0.39 is 20.0 Å². The van der Waals surface area contributed by atoms with Crippen LogP contribution in [0, 0.1) is 0 Å². The van der Waals surface area contributed by atoms with Gasteiger partial charge in [0.25, 0.3) is 10.0 Å². The number of nitrogens with zero attached hydrogens (tertiary/aromatic N) is 2. The Morgan fingerprint density at radius 1 is 0.714 bits per heavy atom. The highest BCUT2D eigenvalue weighted by Gasteiger charge is 2.14. The van der Waals surface area contributed by atoms with Crippen molar-refractivity contribution in [2.75, 3.05) is 16.2 Å². The number of primary sulfonamides is 1. The van der Waals surface area contributed by atoms with E-state index in [1.54, 1.807) is 6.07 Å². The number of aromatic nitrogens is 2. The predicted octanol–water partition coefficient (Wildman–Crippen LogP) is 0.776. The van der Waals surface area contributed by atoms with E-state index in [-0.39, 0.29) is 15.7 Å². The van der Waals surface area contributed by atoms with Crippen LogP contribution in [-0.2, 0) is 20.0 Å². The fourth-order valence-electron chi connectivity index (χ4n) is 1.84. The molecule has 0 bridgehead atoms. The van der Waals surface area contributed by atoms with Crippen molar-refractivity contribution in [1.82, 2.24) is 9.97 Å². The number of hydrogen-bond donors (Lipinski definition) is 4. The topological polar surface area (TPSA) is 184 Å². The Balaban J connectivity index is 0.000000221. The lowest BCUT2D eigenvalue weighted by molar-refractivity contribution is 0.597. The second-order valence-electron chi connectivity index (χ2n) is 5.36. The largest absolute Gasteiger partial charge is 0.399 e. The SMILES string of the molecule is Nc1ccc(S(=O)(=O)Nc2ncccn2)cc1.Nc1ccc(S(N)(=O)=O)cc1. The third kappa shape index (κ3) is 6.19. The van der Waals surface area contributed by atoms with Gasteiger partial charge in [0.05, 0.1) is 9.79 Å². The van der Waals surface area contributed by atoms with Crippen LogP contribution < -0.4 is 21.3 Å². The molecular formula is C16H18N6O4S2. The Labute approximate surface area is 162 Å². The summed E-state index contributed by atoms with van der Waals surface area (Å²) in [5, 5.41) is 4.84. The lowest BCUT2D eigenvalue weighted by Gasteiger charge is -2.05. The number of nitrogen functional groups attached to an aromatic ring is 2. The summed E-state index contributed by atoms with van der Waals surface area (Å²) in [4.78, 5) is 7.75. The van der Waals surface area contributed by atoms with Gasteiger partial charge in [0, 0.05) is 23.8 Å². The maximum absolute atomic E-state index is 11.9. The number of anilines is 3. The Morgan fingerprint density at radius 2 is 1.14 bits per heavy atom. The van der Waals surface area contributed by atoms with E-state index >= 15 is 0 Å². The summed E-state index contributed by atoms with van der Waals surface area (Å²) in [6.45, 7) is 0. The number of rotatable bonds is 4. The second kappa shape index (κ2) is 8.65. The highest BCUT2D eigenvalue weighted by atomic mass is 32.2. The third-order valence-electron chi connectivity index (χ3n) is 3.19. The standard InChI is InChI=1S/C10H10N4O2S.C6H8N2O2S/c11-8-2-4-9(5-3-8)17(15,16)14-10-12-6-1-7-13-10;7-5-1-3-6(4-2-5)11(8,9)10/h1-7H,11H2,(H,12,13,14);1-4H,7H2,(H2,8,9,10). The Hall–Kier alpha value is -3.22. The fraction of sp³-hybridized carbons (Fsp3) is 0. The van der Waals surface area contributed by atoms with E-state index in [2.05, 4.69) is 14.7 Å². The number of nitrogens with two attached hydrogens (primary N) is 3. The van der Waals surface area contributed by atoms with Crippen molar-refractivity contribution in [2.24, 2.45) is 5.14 Å². The lowest BCUT2D eigenvalue weighted by Crippen LogP contribution is -2.14. The molecule has 0 fully saturated rings. The summed E-state index contributed by atoms with van der Waals surface area (Å²) in [6, 6.07) is 13.2. The van der Waals surface area contributed by atoms with E-state index in [9.17, 15) is 16.8 Å². The molecule has 1 aromatic heterocycles. The number of benzene rings is 2. The molecule has 0 spiro atoms. The van der Waals surface area contributed by atoms with E-state index in [1.165, 1.54) is 60.9 Å². The van der Waals surface area contributed by atoms with E-state index in [4.69, 9.17) is 16.6 Å². The molecule has 0 aliphatic heterocycles. The fourth-order valence-corrected chi connectivity index (χ4v) is 3.31. The first-order valence-electron chi connectivity index (χ1n) is 7.62. The molecule has 3 aromatic rings. The van der Waals surface area contributed by atoms with Gasteiger partial charge in [-0.2, -0.15) is 0 Å². The van der Waals surface area contributed by atoms with Gasteiger partial charge in [-0.1, -0.05) is 0 Å². The predicted molar refractivity (Wildman–Crippen MR) is 106 cm³/mol. The quantitative estimate of drug-likeness (QED) is 0.444. The first-order valence-corrected chi connectivity index (χ1v) is 10.6. The van der Waals surface area contributed by atoms with Crippen molar-refractivity contribution in [2.45, 2.75) is 9.79 Å². The maximum atomic E-state index is 11.9. The summed E-state index contributed by atoms with van der Waals surface area (Å²) in [7, 11) is -7.24. The molecule has 148 valence electrons. The van der Waals surface area contributed by atoms with Crippen molar-refractivity contribution < 1.29 is 16.8 Å². The minimum atomic E-state index is -3.66. The summed E-state index contributed by atoms with van der Waals surface area (Å²) in [6.07, 6.45) is 2.90. The van der Waals surface area contributed by atoms with Gasteiger partial charge in [0.1, 0.15) is 0 Å². The zero-order valence-electron chi connectivity index (χ0n) is 14.4. The van der Waals surface area contributed by atoms with Crippen LogP contribution in [0.25, 0.3) is 0 Å². The normalized spacial score (nSPS) is 11.2. The monoisotopic (exact) mass is 422 g/mol. The molecule has 0 aliphatic rings. The summed E-state index contributed by atoms with van der Waals surface area (Å²) >= 11 is 0. The zero-order valence-corrected chi connectivity index (χ0v) is 16.1. The molecule has 0 radical (unpaired) electrons. The van der Waals surface area contributed by atoms with Crippen LogP contribution in [0.15, 0.2) is 76.8 Å². The van der Waals surface area contributed by atoms with Gasteiger partial charge in [0.15, 0.2) is 0 Å². The van der Waals surface area contributed by atoms with E-state index in [0.29, 0.717) is 11.4 Å². The molecule has 3 rings (SSSR count). The van der Waals surface area contributed by atoms with Crippen LogP contribution in [0.1, 0.15) is 0 Å². The molecule has 2 aromatic carbocycles. The molecule has 1 heterocycles. The minimum Gasteiger partial charge on any atom is -0.399 e. The van der Waals surface area contributed by atoms with Crippen LogP contribution >= 0.6 is 0 Å². The summed E-state index contributed by atoms with van der Waals surface area (Å²) in [5.41, 5.74) is 11.8. The van der Waals surface area contributed by atoms with Gasteiger partial charge in [0.2, 0.25) is 16.0 Å². The average molecular weight is 422 g/mol. The van der Waals surface area contributed by atoms with Crippen molar-refractivity contribution >= 4 is 37.4 Å². The van der Waals surface area contributed by atoms with Crippen LogP contribution in [-0.4, -0.2) is 26.8 Å². The lowest BCUT2D eigenvalue weighted by atomic mass is 10.3. The van der Waals surface area contributed by atoms with Crippen molar-refractivity contribution in [3.05, 3.63) is 67.0 Å². The molecule has 28 heavy (non-hydrogen) atoms. The van der Waals surface area contributed by atoms with Gasteiger partial charge in [-0.05, 0) is 54.6 Å². The van der Waals surface area contributed by atoms with Gasteiger partial charge in [-0.15, -0.1) is 0 Å². The molecule has 10 nitrogen and oxygen atoms in total. The number of nitrogens with one attached hydrogen (secondary N) is 1. The van der Waals surface area contributed by atoms with Gasteiger partial charge >= 0.3 is 0 Å². The molecule has 0 saturated carbocycles.